The highest BCUT2D eigenvalue weighted by atomic mass is 79.9. The number of thiophene rings is 1. The van der Waals surface area contributed by atoms with Crippen LogP contribution in [0.4, 0.5) is 4.39 Å². The van der Waals surface area contributed by atoms with Crippen LogP contribution in [0.2, 0.25) is 0 Å². The van der Waals surface area contributed by atoms with Crippen LogP contribution in [0.1, 0.15) is 9.67 Å². The molecule has 1 N–H and O–H groups in total. The predicted molar refractivity (Wildman–Crippen MR) is 62.5 cm³/mol. The molecular formula is C10H6BrFO3S. The Kier molecular flexibility index (Phi) is 2.86. The minimum Gasteiger partial charge on any atom is -0.504 e. The molecule has 0 aliphatic rings. The fourth-order valence-electron chi connectivity index (χ4n) is 1.32. The Balaban J connectivity index is 2.77. The van der Waals surface area contributed by atoms with Gasteiger partial charge in [-0.15, -0.1) is 11.3 Å². The number of phenols is 1. The van der Waals surface area contributed by atoms with Crippen LogP contribution >= 0.6 is 27.3 Å². The number of benzene rings is 1. The van der Waals surface area contributed by atoms with Gasteiger partial charge in [-0.3, -0.25) is 0 Å². The van der Waals surface area contributed by atoms with Crippen molar-refractivity contribution in [2.45, 2.75) is 0 Å². The highest BCUT2D eigenvalue weighted by Crippen LogP contribution is 2.41. The van der Waals surface area contributed by atoms with Crippen LogP contribution in [0, 0.1) is 5.82 Å². The number of fused-ring (bicyclic) bond motifs is 1. The quantitative estimate of drug-likeness (QED) is 0.822. The van der Waals surface area contributed by atoms with E-state index in [1.807, 2.05) is 0 Å². The summed E-state index contributed by atoms with van der Waals surface area (Å²) in [5.74, 6) is -1.68. The number of aromatic hydroxyl groups is 1. The van der Waals surface area contributed by atoms with Gasteiger partial charge in [-0.05, 0) is 28.1 Å². The molecule has 3 nitrogen and oxygen atoms in total. The molecule has 2 aromatic rings. The molecule has 84 valence electrons. The molecule has 0 aliphatic heterocycles. The van der Waals surface area contributed by atoms with E-state index < -0.39 is 17.5 Å². The van der Waals surface area contributed by atoms with E-state index in [9.17, 15) is 14.3 Å². The van der Waals surface area contributed by atoms with Gasteiger partial charge in [-0.1, -0.05) is 0 Å². The molecule has 0 atom stereocenters. The van der Waals surface area contributed by atoms with Crippen LogP contribution < -0.4 is 0 Å². The van der Waals surface area contributed by atoms with Crippen LogP contribution in [-0.2, 0) is 4.74 Å². The summed E-state index contributed by atoms with van der Waals surface area (Å²) in [5, 5.41) is 10.1. The van der Waals surface area contributed by atoms with Crippen molar-refractivity contribution in [3.8, 4) is 5.75 Å². The van der Waals surface area contributed by atoms with E-state index in [1.165, 1.54) is 13.2 Å². The first-order chi connectivity index (χ1) is 7.56. The third-order valence-corrected chi connectivity index (χ3v) is 4.37. The summed E-state index contributed by atoms with van der Waals surface area (Å²) in [6.45, 7) is 0. The van der Waals surface area contributed by atoms with Crippen LogP contribution in [0.15, 0.2) is 16.6 Å². The minimum absolute atomic E-state index is 0.304. The van der Waals surface area contributed by atoms with Crippen molar-refractivity contribution in [2.75, 3.05) is 7.11 Å². The Morgan fingerprint density at radius 3 is 2.88 bits per heavy atom. The van der Waals surface area contributed by atoms with E-state index in [0.717, 1.165) is 17.4 Å². The second-order valence-electron chi connectivity index (χ2n) is 3.01. The Morgan fingerprint density at radius 1 is 1.56 bits per heavy atom. The number of halogens is 2. The number of phenolic OH excluding ortho intramolecular Hbond substituents is 1. The SMILES string of the molecule is COC(=O)c1sc2c(O)c(F)ccc2c1Br. The second kappa shape index (κ2) is 4.03. The van der Waals surface area contributed by atoms with Crippen molar-refractivity contribution in [1.82, 2.24) is 0 Å². The predicted octanol–water partition coefficient (Wildman–Crippen LogP) is 3.30. The highest BCUT2D eigenvalue weighted by molar-refractivity contribution is 9.10. The molecule has 0 aliphatic carbocycles. The van der Waals surface area contributed by atoms with Gasteiger partial charge in [-0.2, -0.15) is 0 Å². The maximum absolute atomic E-state index is 13.1. The maximum atomic E-state index is 13.1. The number of rotatable bonds is 1. The van der Waals surface area contributed by atoms with Gasteiger partial charge in [0.2, 0.25) is 0 Å². The molecule has 0 fully saturated rings. The zero-order chi connectivity index (χ0) is 11.9. The zero-order valence-electron chi connectivity index (χ0n) is 8.08. The first-order valence-electron chi connectivity index (χ1n) is 4.24. The lowest BCUT2D eigenvalue weighted by atomic mass is 10.2. The monoisotopic (exact) mass is 304 g/mol. The van der Waals surface area contributed by atoms with Crippen LogP contribution in [0.25, 0.3) is 10.1 Å². The zero-order valence-corrected chi connectivity index (χ0v) is 10.5. The lowest BCUT2D eigenvalue weighted by Crippen LogP contribution is -1.98. The van der Waals surface area contributed by atoms with Gasteiger partial charge in [0.1, 0.15) is 4.88 Å². The topological polar surface area (TPSA) is 46.5 Å². The summed E-state index contributed by atoms with van der Waals surface area (Å²) in [5.41, 5.74) is 0. The lowest BCUT2D eigenvalue weighted by Gasteiger charge is -1.95. The van der Waals surface area contributed by atoms with Crippen molar-refractivity contribution in [3.05, 3.63) is 27.3 Å². The molecule has 0 radical (unpaired) electrons. The van der Waals surface area contributed by atoms with E-state index in [-0.39, 0.29) is 0 Å². The summed E-state index contributed by atoms with van der Waals surface area (Å²) >= 11 is 4.21. The smallest absolute Gasteiger partial charge is 0.349 e. The molecule has 1 heterocycles. The Hall–Kier alpha value is -1.14. The largest absolute Gasteiger partial charge is 0.504 e. The highest BCUT2D eigenvalue weighted by Gasteiger charge is 2.20. The summed E-state index contributed by atoms with van der Waals surface area (Å²) in [6, 6.07) is 2.65. The molecule has 0 amide bonds. The normalized spacial score (nSPS) is 10.7. The average Bonchev–Trinajstić information content (AvgIpc) is 2.61. The van der Waals surface area contributed by atoms with Gasteiger partial charge in [0.15, 0.2) is 11.6 Å². The summed E-state index contributed by atoms with van der Waals surface area (Å²) in [7, 11) is 1.26. The molecule has 2 rings (SSSR count). The molecule has 16 heavy (non-hydrogen) atoms. The van der Waals surface area contributed by atoms with Gasteiger partial charge in [-0.25, -0.2) is 9.18 Å². The second-order valence-corrected chi connectivity index (χ2v) is 4.82. The Morgan fingerprint density at radius 2 is 2.25 bits per heavy atom. The lowest BCUT2D eigenvalue weighted by molar-refractivity contribution is 0.0605. The van der Waals surface area contributed by atoms with Gasteiger partial charge in [0, 0.05) is 5.39 Å². The van der Waals surface area contributed by atoms with Crippen molar-refractivity contribution >= 4 is 43.3 Å². The van der Waals surface area contributed by atoms with Crippen molar-refractivity contribution < 1.29 is 19.0 Å². The first kappa shape index (κ1) is 11.3. The van der Waals surface area contributed by atoms with Crippen LogP contribution in [0.5, 0.6) is 5.75 Å². The van der Waals surface area contributed by atoms with E-state index in [0.29, 0.717) is 19.4 Å². The van der Waals surface area contributed by atoms with Crippen LogP contribution in [0.3, 0.4) is 0 Å². The van der Waals surface area contributed by atoms with Crippen molar-refractivity contribution in [2.24, 2.45) is 0 Å². The van der Waals surface area contributed by atoms with Crippen LogP contribution in [-0.4, -0.2) is 18.2 Å². The summed E-state index contributed by atoms with van der Waals surface area (Å²) in [6.07, 6.45) is 0. The molecule has 0 spiro atoms. The summed E-state index contributed by atoms with van der Waals surface area (Å²) in [4.78, 5) is 11.7. The molecule has 6 heteroatoms. The minimum atomic E-state index is -0.710. The third kappa shape index (κ3) is 1.58. The van der Waals surface area contributed by atoms with E-state index in [2.05, 4.69) is 20.7 Å². The van der Waals surface area contributed by atoms with Gasteiger partial charge < -0.3 is 9.84 Å². The molecule has 0 bridgehead atoms. The number of hydrogen-bond donors (Lipinski definition) is 1. The molecule has 1 aromatic carbocycles. The van der Waals surface area contributed by atoms with E-state index in [4.69, 9.17) is 0 Å². The molecule has 0 unspecified atom stereocenters. The molecular weight excluding hydrogens is 299 g/mol. The van der Waals surface area contributed by atoms with Gasteiger partial charge in [0.05, 0.1) is 16.3 Å². The first-order valence-corrected chi connectivity index (χ1v) is 5.85. The molecule has 1 aromatic heterocycles. The van der Waals surface area contributed by atoms with E-state index >= 15 is 0 Å². The van der Waals surface area contributed by atoms with Crippen molar-refractivity contribution in [1.29, 1.82) is 0 Å². The number of hydrogen-bond acceptors (Lipinski definition) is 4. The number of carbonyl (C=O) groups is 1. The number of esters is 1. The van der Waals surface area contributed by atoms with Crippen molar-refractivity contribution in [3.63, 3.8) is 0 Å². The van der Waals surface area contributed by atoms with E-state index in [1.54, 1.807) is 0 Å². The fraction of sp³-hybridized carbons (Fsp3) is 0.100. The standard InChI is InChI=1S/C10H6BrFO3S/c1-15-10(14)9-6(11)4-2-3-5(12)7(13)8(4)16-9/h2-3,13H,1H3. The van der Waals surface area contributed by atoms with Gasteiger partial charge in [0.25, 0.3) is 0 Å². The third-order valence-electron chi connectivity index (χ3n) is 2.09. The molecule has 0 saturated heterocycles. The average molecular weight is 305 g/mol. The fourth-order valence-corrected chi connectivity index (χ4v) is 3.23. The number of carbonyl (C=O) groups excluding carboxylic acids is 1. The Labute approximate surface area is 103 Å². The number of ether oxygens (including phenoxy) is 1. The van der Waals surface area contributed by atoms with Gasteiger partial charge >= 0.3 is 5.97 Å². The maximum Gasteiger partial charge on any atom is 0.349 e. The Bertz CT molecular complexity index is 579. The molecule has 0 saturated carbocycles. The summed E-state index contributed by atoms with van der Waals surface area (Å²) < 4.78 is 18.5. The number of methoxy groups -OCH3 is 1.